The van der Waals surface area contributed by atoms with E-state index in [1.807, 2.05) is 20.0 Å². The summed E-state index contributed by atoms with van der Waals surface area (Å²) >= 11 is 0. The highest BCUT2D eigenvalue weighted by atomic mass is 16.4. The van der Waals surface area contributed by atoms with Gasteiger partial charge in [0.15, 0.2) is 6.54 Å². The molecular formula is C23H30N8O2. The van der Waals surface area contributed by atoms with E-state index in [2.05, 4.69) is 70.3 Å². The first-order valence-electron chi connectivity index (χ1n) is 10.6. The summed E-state index contributed by atoms with van der Waals surface area (Å²) in [7, 11) is 0. The van der Waals surface area contributed by atoms with Gasteiger partial charge in [0.2, 0.25) is 0 Å². The zero-order chi connectivity index (χ0) is 24.5. The Labute approximate surface area is 193 Å². The van der Waals surface area contributed by atoms with Gasteiger partial charge in [-0.2, -0.15) is 15.3 Å². The molecule has 0 saturated heterocycles. The highest BCUT2D eigenvalue weighted by Crippen LogP contribution is 2.17. The van der Waals surface area contributed by atoms with Gasteiger partial charge in [-0.3, -0.25) is 4.79 Å². The lowest BCUT2D eigenvalue weighted by atomic mass is 10.0. The molecule has 10 nitrogen and oxygen atoms in total. The van der Waals surface area contributed by atoms with Gasteiger partial charge >= 0.3 is 5.97 Å². The summed E-state index contributed by atoms with van der Waals surface area (Å²) in [6.45, 7) is 15.5. The van der Waals surface area contributed by atoms with E-state index in [-0.39, 0.29) is 0 Å². The molecule has 174 valence electrons. The minimum Gasteiger partial charge on any atom is -0.480 e. The Kier molecular flexibility index (Phi) is 8.90. The third-order valence-electron chi connectivity index (χ3n) is 4.87. The second-order valence-corrected chi connectivity index (χ2v) is 7.21. The molecule has 0 aliphatic heterocycles. The molecule has 1 aromatic carbocycles. The van der Waals surface area contributed by atoms with E-state index < -0.39 is 12.5 Å². The minimum atomic E-state index is -1.07. The average molecular weight is 451 g/mol. The predicted molar refractivity (Wildman–Crippen MR) is 128 cm³/mol. The number of hydrazone groups is 2. The summed E-state index contributed by atoms with van der Waals surface area (Å²) in [5.74, 6) is -1.07. The number of rotatable bonds is 8. The fourth-order valence-corrected chi connectivity index (χ4v) is 3.02. The average Bonchev–Trinajstić information content (AvgIpc) is 3.26. The van der Waals surface area contributed by atoms with Crippen molar-refractivity contribution in [3.05, 3.63) is 58.4 Å². The Morgan fingerprint density at radius 3 is 2.30 bits per heavy atom. The van der Waals surface area contributed by atoms with Crippen molar-refractivity contribution in [2.75, 3.05) is 6.54 Å². The molecule has 0 spiro atoms. The standard InChI is InChI=1S/C21H24N8O2.C2H6/c1-13-8-17(9-14(2)15(13)3)10-28-11-20(25-27-28)19-7-6-18(23-24-19)16(4)26-29(22-5)12-21(30)31;1-2/h6-9,11H,5,10,12H2,1-4H3,(H,30,31);1-2H3/b26-16+;. The number of carbonyl (C=O) groups is 1. The maximum Gasteiger partial charge on any atom is 0.327 e. The minimum absolute atomic E-state index is 0.393. The molecule has 0 aliphatic carbocycles. The number of aliphatic carboxylic acids is 1. The first kappa shape index (κ1) is 25.3. The molecule has 0 fully saturated rings. The van der Waals surface area contributed by atoms with Crippen LogP contribution in [0.1, 0.15) is 48.7 Å². The molecular weight excluding hydrogens is 420 g/mol. The van der Waals surface area contributed by atoms with Crippen LogP contribution in [0.4, 0.5) is 0 Å². The first-order chi connectivity index (χ1) is 15.8. The molecule has 2 heterocycles. The van der Waals surface area contributed by atoms with Crippen molar-refractivity contribution in [3.8, 4) is 11.4 Å². The Balaban J connectivity index is 0.00000187. The summed E-state index contributed by atoms with van der Waals surface area (Å²) in [4.78, 5) is 10.8. The topological polar surface area (TPSA) is 122 Å². The third-order valence-corrected chi connectivity index (χ3v) is 4.87. The first-order valence-corrected chi connectivity index (χ1v) is 10.6. The molecule has 0 unspecified atom stereocenters. The van der Waals surface area contributed by atoms with Gasteiger partial charge in [0.1, 0.15) is 17.1 Å². The molecule has 1 N–H and O–H groups in total. The van der Waals surface area contributed by atoms with Crippen molar-refractivity contribution < 1.29 is 9.90 Å². The Morgan fingerprint density at radius 2 is 1.76 bits per heavy atom. The second-order valence-electron chi connectivity index (χ2n) is 7.21. The molecule has 0 saturated carbocycles. The smallest absolute Gasteiger partial charge is 0.327 e. The Hall–Kier alpha value is -3.95. The molecule has 10 heteroatoms. The van der Waals surface area contributed by atoms with Crippen molar-refractivity contribution in [2.45, 2.75) is 48.1 Å². The number of carboxylic acid groups (broad SMARTS) is 1. The number of benzene rings is 1. The molecule has 2 aromatic heterocycles. The van der Waals surface area contributed by atoms with Gasteiger partial charge in [0.25, 0.3) is 0 Å². The van der Waals surface area contributed by atoms with Gasteiger partial charge in [-0.05, 0) is 62.1 Å². The SMILES string of the molecule is C=NN(CC(=O)O)/N=C(\C)c1ccc(-c2cn(Cc3cc(C)c(C)c(C)c3)nn2)nn1.CC. The van der Waals surface area contributed by atoms with Crippen LogP contribution in [0.5, 0.6) is 0 Å². The van der Waals surface area contributed by atoms with Crippen LogP contribution in [-0.2, 0) is 11.3 Å². The van der Waals surface area contributed by atoms with Crippen LogP contribution >= 0.6 is 0 Å². The van der Waals surface area contributed by atoms with E-state index in [0.717, 1.165) is 10.7 Å². The summed E-state index contributed by atoms with van der Waals surface area (Å²) in [5.41, 5.74) is 7.09. The summed E-state index contributed by atoms with van der Waals surface area (Å²) in [6, 6.07) is 7.81. The summed E-state index contributed by atoms with van der Waals surface area (Å²) in [5, 5.41) is 34.2. The third kappa shape index (κ3) is 6.76. The normalized spacial score (nSPS) is 10.9. The van der Waals surface area contributed by atoms with Crippen LogP contribution in [-0.4, -0.2) is 60.4 Å². The monoisotopic (exact) mass is 450 g/mol. The van der Waals surface area contributed by atoms with Crippen LogP contribution < -0.4 is 0 Å². The lowest BCUT2D eigenvalue weighted by molar-refractivity contribution is -0.138. The van der Waals surface area contributed by atoms with E-state index in [4.69, 9.17) is 5.11 Å². The highest BCUT2D eigenvalue weighted by molar-refractivity contribution is 5.96. The number of aromatic nitrogens is 5. The van der Waals surface area contributed by atoms with Gasteiger partial charge in [-0.15, -0.1) is 15.3 Å². The Bertz CT molecular complexity index is 1110. The number of aryl methyl sites for hydroxylation is 2. The molecule has 0 radical (unpaired) electrons. The van der Waals surface area contributed by atoms with Gasteiger partial charge in [-0.1, -0.05) is 31.2 Å². The van der Waals surface area contributed by atoms with E-state index >= 15 is 0 Å². The summed E-state index contributed by atoms with van der Waals surface area (Å²) < 4.78 is 1.76. The van der Waals surface area contributed by atoms with Gasteiger partial charge in [0, 0.05) is 6.72 Å². The zero-order valence-electron chi connectivity index (χ0n) is 19.9. The quantitative estimate of drug-likeness (QED) is 0.412. The molecule has 0 bridgehead atoms. The fraction of sp³-hybridized carbons (Fsp3) is 0.348. The number of hydrogen-bond acceptors (Lipinski definition) is 8. The zero-order valence-corrected chi connectivity index (χ0v) is 19.9. The van der Waals surface area contributed by atoms with Crippen molar-refractivity contribution in [1.82, 2.24) is 30.3 Å². The number of carboxylic acids is 1. The number of nitrogens with zero attached hydrogens (tertiary/aromatic N) is 8. The van der Waals surface area contributed by atoms with Gasteiger partial charge < -0.3 is 5.11 Å². The molecule has 0 amide bonds. The largest absolute Gasteiger partial charge is 0.480 e. The molecule has 0 aliphatic rings. The maximum atomic E-state index is 10.8. The van der Waals surface area contributed by atoms with E-state index in [1.54, 1.807) is 23.7 Å². The lowest BCUT2D eigenvalue weighted by Gasteiger charge is -2.10. The van der Waals surface area contributed by atoms with Crippen molar-refractivity contribution in [2.24, 2.45) is 10.2 Å². The Morgan fingerprint density at radius 1 is 1.09 bits per heavy atom. The van der Waals surface area contributed by atoms with Crippen LogP contribution in [0.3, 0.4) is 0 Å². The van der Waals surface area contributed by atoms with Crippen molar-refractivity contribution in [1.29, 1.82) is 0 Å². The molecule has 0 atom stereocenters. The second kappa shape index (κ2) is 11.6. The van der Waals surface area contributed by atoms with E-state index in [0.29, 0.717) is 29.3 Å². The molecule has 33 heavy (non-hydrogen) atoms. The van der Waals surface area contributed by atoms with Gasteiger partial charge in [-0.25, -0.2) is 4.68 Å². The summed E-state index contributed by atoms with van der Waals surface area (Å²) in [6.07, 6.45) is 1.82. The number of hydrogen-bond donors (Lipinski definition) is 1. The van der Waals surface area contributed by atoms with Crippen molar-refractivity contribution >= 4 is 18.4 Å². The molecule has 3 rings (SSSR count). The van der Waals surface area contributed by atoms with Crippen molar-refractivity contribution in [3.63, 3.8) is 0 Å². The van der Waals surface area contributed by atoms with E-state index in [1.165, 1.54) is 16.7 Å². The van der Waals surface area contributed by atoms with Gasteiger partial charge in [0.05, 0.1) is 18.5 Å². The lowest BCUT2D eigenvalue weighted by Crippen LogP contribution is -2.21. The fourth-order valence-electron chi connectivity index (χ4n) is 3.02. The maximum absolute atomic E-state index is 10.8. The van der Waals surface area contributed by atoms with Crippen LogP contribution in [0.15, 0.2) is 40.7 Å². The van der Waals surface area contributed by atoms with Crippen LogP contribution in [0.2, 0.25) is 0 Å². The molecule has 3 aromatic rings. The van der Waals surface area contributed by atoms with Crippen LogP contribution in [0, 0.1) is 20.8 Å². The van der Waals surface area contributed by atoms with Crippen LogP contribution in [0.25, 0.3) is 11.4 Å². The predicted octanol–water partition coefficient (Wildman–Crippen LogP) is 3.46. The highest BCUT2D eigenvalue weighted by Gasteiger charge is 2.11. The van der Waals surface area contributed by atoms with E-state index in [9.17, 15) is 4.79 Å².